The third-order valence-corrected chi connectivity index (χ3v) is 5.21. The zero-order valence-corrected chi connectivity index (χ0v) is 16.0. The summed E-state index contributed by atoms with van der Waals surface area (Å²) in [5.74, 6) is -0.530. The van der Waals surface area contributed by atoms with E-state index in [0.717, 1.165) is 5.56 Å². The maximum absolute atomic E-state index is 12.6. The Hall–Kier alpha value is -2.45. The molecule has 136 valence electrons. The van der Waals surface area contributed by atoms with Crippen molar-refractivity contribution in [3.05, 3.63) is 55.5 Å². The number of hydrogen-bond acceptors (Lipinski definition) is 5. The Morgan fingerprint density at radius 2 is 1.88 bits per heavy atom. The van der Waals surface area contributed by atoms with Gasteiger partial charge in [0.2, 0.25) is 11.8 Å². The number of rotatable bonds is 2. The Bertz CT molecular complexity index is 1040. The fourth-order valence-electron chi connectivity index (χ4n) is 2.98. The van der Waals surface area contributed by atoms with Gasteiger partial charge in [-0.1, -0.05) is 23.7 Å². The third kappa shape index (κ3) is 2.95. The van der Waals surface area contributed by atoms with Crippen LogP contribution >= 0.6 is 23.8 Å². The van der Waals surface area contributed by atoms with Crippen molar-refractivity contribution in [3.63, 3.8) is 0 Å². The van der Waals surface area contributed by atoms with Crippen LogP contribution in [-0.4, -0.2) is 30.9 Å². The first-order chi connectivity index (χ1) is 12.2. The van der Waals surface area contributed by atoms with Gasteiger partial charge in [0.15, 0.2) is 4.77 Å². The van der Waals surface area contributed by atoms with Gasteiger partial charge in [-0.3, -0.25) is 18.7 Å². The Labute approximate surface area is 159 Å². The van der Waals surface area contributed by atoms with Crippen LogP contribution in [0.5, 0.6) is 5.88 Å². The predicted molar refractivity (Wildman–Crippen MR) is 101 cm³/mol. The summed E-state index contributed by atoms with van der Waals surface area (Å²) < 4.78 is 2.79. The Morgan fingerprint density at radius 1 is 1.27 bits per heavy atom. The van der Waals surface area contributed by atoms with Crippen LogP contribution in [0, 0.1) is 4.77 Å². The molecule has 1 amide bonds. The second-order valence-corrected chi connectivity index (χ2v) is 6.89. The molecular weight excluding hydrogens is 376 g/mol. The maximum Gasteiger partial charge on any atom is 0.267 e. The molecule has 0 aliphatic carbocycles. The lowest BCUT2D eigenvalue weighted by Crippen LogP contribution is -2.28. The van der Waals surface area contributed by atoms with Crippen molar-refractivity contribution < 1.29 is 9.90 Å². The summed E-state index contributed by atoms with van der Waals surface area (Å²) in [6.45, 7) is 1.40. The molecule has 0 bridgehead atoms. The van der Waals surface area contributed by atoms with Crippen LogP contribution in [0.4, 0.5) is 0 Å². The standard InChI is InChI=1S/C17H17ClN4O3S/c1-9(23)22-13(10-4-6-11(18)7-5-10)8-12(19-22)14-15(24)20(2)17(26)21(3)16(14)25/h4-7,13,24H,8H2,1-3H3. The molecule has 0 radical (unpaired) electrons. The van der Waals surface area contributed by atoms with E-state index >= 15 is 0 Å². The molecule has 1 N–H and O–H groups in total. The van der Waals surface area contributed by atoms with Crippen LogP contribution in [0.3, 0.4) is 0 Å². The van der Waals surface area contributed by atoms with E-state index < -0.39 is 5.56 Å². The normalized spacial score (nSPS) is 16.7. The minimum Gasteiger partial charge on any atom is -0.494 e. The van der Waals surface area contributed by atoms with Crippen LogP contribution in [-0.2, 0) is 18.9 Å². The van der Waals surface area contributed by atoms with Crippen molar-refractivity contribution in [1.29, 1.82) is 0 Å². The van der Waals surface area contributed by atoms with E-state index in [1.54, 1.807) is 19.2 Å². The molecule has 0 spiro atoms. The molecule has 2 aromatic rings. The second kappa shape index (κ2) is 6.69. The van der Waals surface area contributed by atoms with E-state index in [2.05, 4.69) is 5.10 Å². The van der Waals surface area contributed by atoms with E-state index in [1.807, 2.05) is 12.1 Å². The molecule has 1 unspecified atom stereocenters. The quantitative estimate of drug-likeness (QED) is 0.796. The Balaban J connectivity index is 2.12. The van der Waals surface area contributed by atoms with Crippen LogP contribution in [0.15, 0.2) is 34.2 Å². The van der Waals surface area contributed by atoms with Crippen LogP contribution in [0.1, 0.15) is 30.5 Å². The van der Waals surface area contributed by atoms with Crippen LogP contribution in [0.25, 0.3) is 0 Å². The summed E-state index contributed by atoms with van der Waals surface area (Å²) in [4.78, 5) is 24.7. The van der Waals surface area contributed by atoms with E-state index in [0.29, 0.717) is 17.2 Å². The van der Waals surface area contributed by atoms with Crippen molar-refractivity contribution in [1.82, 2.24) is 14.1 Å². The highest BCUT2D eigenvalue weighted by molar-refractivity contribution is 7.71. The summed E-state index contributed by atoms with van der Waals surface area (Å²) in [7, 11) is 3.10. The van der Waals surface area contributed by atoms with Crippen LogP contribution < -0.4 is 5.56 Å². The summed E-state index contributed by atoms with van der Waals surface area (Å²) in [6.07, 6.45) is 0.292. The number of hydrazone groups is 1. The lowest BCUT2D eigenvalue weighted by molar-refractivity contribution is -0.130. The first kappa shape index (κ1) is 18.3. The van der Waals surface area contributed by atoms with Crippen molar-refractivity contribution in [3.8, 4) is 5.88 Å². The number of aromatic hydroxyl groups is 1. The molecule has 1 aliphatic rings. The first-order valence-corrected chi connectivity index (χ1v) is 8.63. The topological polar surface area (TPSA) is 79.8 Å². The van der Waals surface area contributed by atoms with E-state index in [4.69, 9.17) is 23.8 Å². The number of amides is 1. The van der Waals surface area contributed by atoms with Crippen molar-refractivity contribution in [2.24, 2.45) is 19.2 Å². The van der Waals surface area contributed by atoms with Crippen molar-refractivity contribution in [2.75, 3.05) is 0 Å². The summed E-state index contributed by atoms with van der Waals surface area (Å²) in [5.41, 5.74) is 0.767. The molecular formula is C17H17ClN4O3S. The Morgan fingerprint density at radius 3 is 2.46 bits per heavy atom. The van der Waals surface area contributed by atoms with Gasteiger partial charge in [0.05, 0.1) is 11.8 Å². The number of hydrogen-bond donors (Lipinski definition) is 1. The van der Waals surface area contributed by atoms with Gasteiger partial charge in [-0.05, 0) is 29.9 Å². The maximum atomic E-state index is 12.6. The van der Waals surface area contributed by atoms with Crippen molar-refractivity contribution in [2.45, 2.75) is 19.4 Å². The molecule has 9 heteroatoms. The van der Waals surface area contributed by atoms with E-state index in [1.165, 1.54) is 28.1 Å². The molecule has 3 rings (SSSR count). The molecule has 0 fully saturated rings. The van der Waals surface area contributed by atoms with Gasteiger partial charge >= 0.3 is 0 Å². The lowest BCUT2D eigenvalue weighted by Gasteiger charge is -2.20. The highest BCUT2D eigenvalue weighted by Crippen LogP contribution is 2.34. The SMILES string of the molecule is CC(=O)N1N=C(c2c(O)n(C)c(=S)n(C)c2=O)CC1c1ccc(Cl)cc1. The summed E-state index contributed by atoms with van der Waals surface area (Å²) >= 11 is 11.1. The van der Waals surface area contributed by atoms with Gasteiger partial charge in [0.1, 0.15) is 5.56 Å². The number of benzene rings is 1. The molecule has 1 aliphatic heterocycles. The van der Waals surface area contributed by atoms with Gasteiger partial charge in [-0.15, -0.1) is 0 Å². The number of aromatic nitrogens is 2. The summed E-state index contributed by atoms with van der Waals surface area (Å²) in [6, 6.07) is 6.71. The number of halogens is 1. The number of nitrogens with zero attached hydrogens (tertiary/aromatic N) is 4. The fourth-order valence-corrected chi connectivity index (χ4v) is 3.28. The molecule has 1 aromatic heterocycles. The third-order valence-electron chi connectivity index (χ3n) is 4.41. The van der Waals surface area contributed by atoms with Gasteiger partial charge in [-0.25, -0.2) is 5.01 Å². The molecule has 0 saturated heterocycles. The van der Waals surface area contributed by atoms with Gasteiger partial charge < -0.3 is 5.11 Å². The zero-order valence-electron chi connectivity index (χ0n) is 14.4. The smallest absolute Gasteiger partial charge is 0.267 e. The average Bonchev–Trinajstić information content (AvgIpc) is 3.04. The minimum absolute atomic E-state index is 0.0475. The van der Waals surface area contributed by atoms with Crippen molar-refractivity contribution >= 4 is 35.4 Å². The van der Waals surface area contributed by atoms with Gasteiger partial charge in [0.25, 0.3) is 5.56 Å². The molecule has 1 atom stereocenters. The molecule has 7 nitrogen and oxygen atoms in total. The van der Waals surface area contributed by atoms with Gasteiger partial charge in [0, 0.05) is 32.5 Å². The fraction of sp³-hybridized carbons (Fsp3) is 0.294. The monoisotopic (exact) mass is 392 g/mol. The predicted octanol–water partition coefficient (Wildman–Crippen LogP) is 2.51. The molecule has 1 aromatic carbocycles. The molecule has 26 heavy (non-hydrogen) atoms. The average molecular weight is 393 g/mol. The zero-order chi connectivity index (χ0) is 19.2. The first-order valence-electron chi connectivity index (χ1n) is 7.84. The molecule has 2 heterocycles. The lowest BCUT2D eigenvalue weighted by atomic mass is 9.99. The minimum atomic E-state index is -0.454. The van der Waals surface area contributed by atoms with Crippen LogP contribution in [0.2, 0.25) is 5.02 Å². The summed E-state index contributed by atoms with van der Waals surface area (Å²) in [5, 5.41) is 16.7. The highest BCUT2D eigenvalue weighted by atomic mass is 35.5. The van der Waals surface area contributed by atoms with E-state index in [9.17, 15) is 14.7 Å². The van der Waals surface area contributed by atoms with E-state index in [-0.39, 0.29) is 28.2 Å². The largest absolute Gasteiger partial charge is 0.494 e. The Kier molecular flexibility index (Phi) is 4.72. The molecule has 0 saturated carbocycles. The number of carbonyl (C=O) groups excluding carboxylic acids is 1. The highest BCUT2D eigenvalue weighted by Gasteiger charge is 2.34. The van der Waals surface area contributed by atoms with Gasteiger partial charge in [-0.2, -0.15) is 5.10 Å². The second-order valence-electron chi connectivity index (χ2n) is 6.09. The number of carbonyl (C=O) groups is 1.